The van der Waals surface area contributed by atoms with Crippen molar-refractivity contribution in [1.82, 2.24) is 25.4 Å². The summed E-state index contributed by atoms with van der Waals surface area (Å²) in [6, 6.07) is 0. The van der Waals surface area contributed by atoms with Crippen LogP contribution in [0.4, 0.5) is 0 Å². The number of rotatable bonds is 7. The Hall–Kier alpha value is -2.18. The SMILES string of the molecule is CCCc1noc(CCC(=O)NCc2ncc[nH]2)n1. The summed E-state index contributed by atoms with van der Waals surface area (Å²) in [6.07, 6.45) is 5.93. The minimum atomic E-state index is -0.0633. The number of nitrogens with one attached hydrogen (secondary N) is 2. The van der Waals surface area contributed by atoms with Gasteiger partial charge in [0.15, 0.2) is 5.82 Å². The zero-order valence-corrected chi connectivity index (χ0v) is 10.8. The van der Waals surface area contributed by atoms with E-state index in [9.17, 15) is 4.79 Å². The Kier molecular flexibility index (Phi) is 4.66. The van der Waals surface area contributed by atoms with Crippen molar-refractivity contribution in [3.05, 3.63) is 29.9 Å². The lowest BCUT2D eigenvalue weighted by molar-refractivity contribution is -0.121. The second-order valence-corrected chi connectivity index (χ2v) is 4.17. The minimum Gasteiger partial charge on any atom is -0.349 e. The topological polar surface area (TPSA) is 96.7 Å². The number of aromatic amines is 1. The van der Waals surface area contributed by atoms with Crippen molar-refractivity contribution in [2.24, 2.45) is 0 Å². The van der Waals surface area contributed by atoms with Crippen LogP contribution in [-0.2, 0) is 24.2 Å². The number of nitrogens with zero attached hydrogens (tertiary/aromatic N) is 3. The van der Waals surface area contributed by atoms with Gasteiger partial charge in [0.25, 0.3) is 0 Å². The molecule has 1 amide bonds. The van der Waals surface area contributed by atoms with Gasteiger partial charge in [-0.05, 0) is 6.42 Å². The van der Waals surface area contributed by atoms with Crippen LogP contribution in [0.15, 0.2) is 16.9 Å². The Balaban J connectivity index is 1.70. The molecule has 2 aromatic heterocycles. The molecule has 0 saturated heterocycles. The molecule has 0 fully saturated rings. The molecule has 0 bridgehead atoms. The van der Waals surface area contributed by atoms with Crippen molar-refractivity contribution in [2.75, 3.05) is 0 Å². The first-order valence-corrected chi connectivity index (χ1v) is 6.34. The monoisotopic (exact) mass is 263 g/mol. The summed E-state index contributed by atoms with van der Waals surface area (Å²) in [6.45, 7) is 2.45. The van der Waals surface area contributed by atoms with E-state index in [0.29, 0.717) is 31.1 Å². The molecule has 7 nitrogen and oxygen atoms in total. The summed E-state index contributed by atoms with van der Waals surface area (Å²) < 4.78 is 5.06. The summed E-state index contributed by atoms with van der Waals surface area (Å²) in [4.78, 5) is 22.7. The van der Waals surface area contributed by atoms with E-state index in [1.807, 2.05) is 0 Å². The maximum absolute atomic E-state index is 11.6. The molecule has 2 heterocycles. The number of amides is 1. The molecule has 0 atom stereocenters. The fourth-order valence-corrected chi connectivity index (χ4v) is 1.60. The van der Waals surface area contributed by atoms with Crippen molar-refractivity contribution in [3.8, 4) is 0 Å². The maximum atomic E-state index is 11.6. The first-order chi connectivity index (χ1) is 9.28. The van der Waals surface area contributed by atoms with Gasteiger partial charge in [-0.1, -0.05) is 12.1 Å². The smallest absolute Gasteiger partial charge is 0.227 e. The van der Waals surface area contributed by atoms with Gasteiger partial charge in [0, 0.05) is 31.7 Å². The van der Waals surface area contributed by atoms with Crippen molar-refractivity contribution < 1.29 is 9.32 Å². The minimum absolute atomic E-state index is 0.0633. The predicted molar refractivity (Wildman–Crippen MR) is 67.0 cm³/mol. The van der Waals surface area contributed by atoms with Gasteiger partial charge in [-0.25, -0.2) is 4.98 Å². The van der Waals surface area contributed by atoms with E-state index in [1.165, 1.54) is 0 Å². The average molecular weight is 263 g/mol. The summed E-state index contributed by atoms with van der Waals surface area (Å²) >= 11 is 0. The number of imidazole rings is 1. The molecular weight excluding hydrogens is 246 g/mol. The fourth-order valence-electron chi connectivity index (χ4n) is 1.60. The third-order valence-electron chi connectivity index (χ3n) is 2.56. The molecule has 2 rings (SSSR count). The third-order valence-corrected chi connectivity index (χ3v) is 2.56. The van der Waals surface area contributed by atoms with E-state index in [1.54, 1.807) is 12.4 Å². The van der Waals surface area contributed by atoms with Crippen molar-refractivity contribution in [2.45, 2.75) is 39.2 Å². The lowest BCUT2D eigenvalue weighted by Gasteiger charge is -2.01. The third kappa shape index (κ3) is 4.20. The normalized spacial score (nSPS) is 10.6. The van der Waals surface area contributed by atoms with Crippen LogP contribution in [0.2, 0.25) is 0 Å². The fraction of sp³-hybridized carbons (Fsp3) is 0.500. The Morgan fingerprint density at radius 2 is 2.37 bits per heavy atom. The van der Waals surface area contributed by atoms with E-state index in [-0.39, 0.29) is 5.91 Å². The molecule has 0 aliphatic heterocycles. The highest BCUT2D eigenvalue weighted by Crippen LogP contribution is 2.03. The Bertz CT molecular complexity index is 506. The number of carbonyl (C=O) groups excluding carboxylic acids is 1. The van der Waals surface area contributed by atoms with Crippen LogP contribution in [0.5, 0.6) is 0 Å². The number of hydrogen-bond acceptors (Lipinski definition) is 5. The van der Waals surface area contributed by atoms with Crippen molar-refractivity contribution >= 4 is 5.91 Å². The molecule has 0 spiro atoms. The molecule has 0 radical (unpaired) electrons. The number of aryl methyl sites for hydroxylation is 2. The molecule has 0 aromatic carbocycles. The highest BCUT2D eigenvalue weighted by molar-refractivity contribution is 5.75. The molecule has 19 heavy (non-hydrogen) atoms. The van der Waals surface area contributed by atoms with Crippen LogP contribution in [0, 0.1) is 0 Å². The molecule has 0 aliphatic carbocycles. The molecule has 2 N–H and O–H groups in total. The standard InChI is InChI=1S/C12H17N5O2/c1-2-3-9-16-12(19-17-9)5-4-11(18)15-8-10-13-6-7-14-10/h6-7H,2-5,8H2,1H3,(H,13,14)(H,15,18). The van der Waals surface area contributed by atoms with Gasteiger partial charge < -0.3 is 14.8 Å². The van der Waals surface area contributed by atoms with E-state index in [2.05, 4.69) is 32.3 Å². The van der Waals surface area contributed by atoms with E-state index >= 15 is 0 Å². The Morgan fingerprint density at radius 3 is 3.11 bits per heavy atom. The predicted octanol–water partition coefficient (Wildman–Crippen LogP) is 0.994. The van der Waals surface area contributed by atoms with E-state index < -0.39 is 0 Å². The van der Waals surface area contributed by atoms with Gasteiger partial charge in [-0.2, -0.15) is 4.98 Å². The number of carbonyl (C=O) groups is 1. The van der Waals surface area contributed by atoms with Gasteiger partial charge in [0.1, 0.15) is 5.82 Å². The molecular formula is C12H17N5O2. The van der Waals surface area contributed by atoms with E-state index in [0.717, 1.165) is 18.7 Å². The lowest BCUT2D eigenvalue weighted by atomic mass is 10.3. The van der Waals surface area contributed by atoms with Crippen molar-refractivity contribution in [1.29, 1.82) is 0 Å². The maximum Gasteiger partial charge on any atom is 0.227 e. The molecule has 102 valence electrons. The second kappa shape index (κ2) is 6.67. The lowest BCUT2D eigenvalue weighted by Crippen LogP contribution is -2.23. The molecule has 0 aliphatic rings. The van der Waals surface area contributed by atoms with Crippen LogP contribution in [0.1, 0.15) is 37.3 Å². The Labute approximate surface area is 110 Å². The highest BCUT2D eigenvalue weighted by atomic mass is 16.5. The summed E-state index contributed by atoms with van der Waals surface area (Å²) in [5.41, 5.74) is 0. The number of aromatic nitrogens is 4. The first kappa shape index (κ1) is 13.3. The second-order valence-electron chi connectivity index (χ2n) is 4.17. The van der Waals surface area contributed by atoms with Gasteiger partial charge >= 0.3 is 0 Å². The average Bonchev–Trinajstić information content (AvgIpc) is 3.05. The largest absolute Gasteiger partial charge is 0.349 e. The van der Waals surface area contributed by atoms with Gasteiger partial charge in [-0.3, -0.25) is 4.79 Å². The van der Waals surface area contributed by atoms with Crippen LogP contribution >= 0.6 is 0 Å². The first-order valence-electron chi connectivity index (χ1n) is 6.34. The molecule has 0 saturated carbocycles. The zero-order valence-electron chi connectivity index (χ0n) is 10.8. The van der Waals surface area contributed by atoms with Crippen molar-refractivity contribution in [3.63, 3.8) is 0 Å². The van der Waals surface area contributed by atoms with Crippen LogP contribution < -0.4 is 5.32 Å². The quantitative estimate of drug-likeness (QED) is 0.776. The number of hydrogen-bond donors (Lipinski definition) is 2. The van der Waals surface area contributed by atoms with Crippen LogP contribution in [-0.4, -0.2) is 26.0 Å². The van der Waals surface area contributed by atoms with E-state index in [4.69, 9.17) is 4.52 Å². The summed E-state index contributed by atoms with van der Waals surface area (Å²) in [5.74, 6) is 1.88. The van der Waals surface area contributed by atoms with Crippen LogP contribution in [0.3, 0.4) is 0 Å². The van der Waals surface area contributed by atoms with Gasteiger partial charge in [-0.15, -0.1) is 0 Å². The van der Waals surface area contributed by atoms with Gasteiger partial charge in [0.05, 0.1) is 6.54 Å². The summed E-state index contributed by atoms with van der Waals surface area (Å²) in [7, 11) is 0. The Morgan fingerprint density at radius 1 is 1.47 bits per heavy atom. The zero-order chi connectivity index (χ0) is 13.5. The number of H-pyrrole nitrogens is 1. The molecule has 7 heteroatoms. The van der Waals surface area contributed by atoms with Gasteiger partial charge in [0.2, 0.25) is 11.8 Å². The molecule has 0 unspecified atom stereocenters. The molecule has 2 aromatic rings. The summed E-state index contributed by atoms with van der Waals surface area (Å²) in [5, 5.41) is 6.60. The highest BCUT2D eigenvalue weighted by Gasteiger charge is 2.08. The van der Waals surface area contributed by atoms with Crippen LogP contribution in [0.25, 0.3) is 0 Å².